The summed E-state index contributed by atoms with van der Waals surface area (Å²) in [5.74, 6) is 1.56. The van der Waals surface area contributed by atoms with Crippen LogP contribution in [0.2, 0.25) is 0 Å². The first-order valence-corrected chi connectivity index (χ1v) is 10.4. The summed E-state index contributed by atoms with van der Waals surface area (Å²) >= 11 is 1.70. The van der Waals surface area contributed by atoms with Crippen molar-refractivity contribution in [1.29, 1.82) is 0 Å². The standard InChI is InChI=1S/C13H22N4O2S2/c1-21(18,19)13-8-20-5-4-16(13)11(6-14)12-7-15-9-17(12)10-2-3-10/h7,9-11,13H,2-6,8,14H2,1H3. The number of thioether (sulfide) groups is 1. The van der Waals surface area contributed by atoms with Gasteiger partial charge in [0.2, 0.25) is 0 Å². The zero-order valence-corrected chi connectivity index (χ0v) is 13.8. The largest absolute Gasteiger partial charge is 0.330 e. The summed E-state index contributed by atoms with van der Waals surface area (Å²) in [5, 5.41) is -0.452. The summed E-state index contributed by atoms with van der Waals surface area (Å²) in [7, 11) is -3.12. The summed E-state index contributed by atoms with van der Waals surface area (Å²) < 4.78 is 26.4. The van der Waals surface area contributed by atoms with Crippen molar-refractivity contribution in [2.45, 2.75) is 30.3 Å². The van der Waals surface area contributed by atoms with Gasteiger partial charge in [0, 0.05) is 43.1 Å². The van der Waals surface area contributed by atoms with E-state index in [1.807, 2.05) is 12.5 Å². The summed E-state index contributed by atoms with van der Waals surface area (Å²) in [6.45, 7) is 1.16. The molecule has 2 heterocycles. The fourth-order valence-corrected chi connectivity index (χ4v) is 5.90. The van der Waals surface area contributed by atoms with Crippen LogP contribution in [0.25, 0.3) is 0 Å². The average Bonchev–Trinajstić information content (AvgIpc) is 3.18. The van der Waals surface area contributed by atoms with Crippen molar-refractivity contribution in [2.24, 2.45) is 5.73 Å². The van der Waals surface area contributed by atoms with Gasteiger partial charge >= 0.3 is 0 Å². The third-order valence-electron chi connectivity index (χ3n) is 4.22. The van der Waals surface area contributed by atoms with Crippen LogP contribution in [0.5, 0.6) is 0 Å². The van der Waals surface area contributed by atoms with Crippen LogP contribution in [0.3, 0.4) is 0 Å². The molecular weight excluding hydrogens is 308 g/mol. The molecule has 1 aromatic heterocycles. The van der Waals surface area contributed by atoms with E-state index in [0.29, 0.717) is 18.3 Å². The second-order valence-corrected chi connectivity index (χ2v) is 9.16. The van der Waals surface area contributed by atoms with Crippen LogP contribution in [0.1, 0.15) is 30.6 Å². The van der Waals surface area contributed by atoms with E-state index in [-0.39, 0.29) is 6.04 Å². The SMILES string of the molecule is CS(=O)(=O)C1CSCCN1C(CN)c1cncn1C1CC1. The Hall–Kier alpha value is -0.570. The summed E-state index contributed by atoms with van der Waals surface area (Å²) in [6, 6.07) is 0.445. The van der Waals surface area contributed by atoms with Crippen LogP contribution in [0.4, 0.5) is 0 Å². The van der Waals surface area contributed by atoms with Crippen LogP contribution < -0.4 is 5.73 Å². The molecule has 1 saturated heterocycles. The van der Waals surface area contributed by atoms with E-state index in [4.69, 9.17) is 5.73 Å². The molecule has 0 amide bonds. The van der Waals surface area contributed by atoms with Crippen molar-refractivity contribution < 1.29 is 8.42 Å². The monoisotopic (exact) mass is 330 g/mol. The number of imidazole rings is 1. The first-order chi connectivity index (χ1) is 10.0. The van der Waals surface area contributed by atoms with Crippen molar-refractivity contribution >= 4 is 21.6 Å². The van der Waals surface area contributed by atoms with Gasteiger partial charge in [-0.15, -0.1) is 0 Å². The van der Waals surface area contributed by atoms with Crippen molar-refractivity contribution in [1.82, 2.24) is 14.5 Å². The molecule has 0 radical (unpaired) electrons. The predicted molar refractivity (Wildman–Crippen MR) is 85.0 cm³/mol. The lowest BCUT2D eigenvalue weighted by Crippen LogP contribution is -2.50. The van der Waals surface area contributed by atoms with Gasteiger partial charge < -0.3 is 10.3 Å². The zero-order chi connectivity index (χ0) is 15.0. The van der Waals surface area contributed by atoms with Crippen molar-refractivity contribution in [3.63, 3.8) is 0 Å². The van der Waals surface area contributed by atoms with Gasteiger partial charge in [0.05, 0.1) is 18.1 Å². The maximum Gasteiger partial charge on any atom is 0.164 e. The number of sulfone groups is 1. The van der Waals surface area contributed by atoms with Gasteiger partial charge in [0.15, 0.2) is 9.84 Å². The molecule has 1 aliphatic heterocycles. The molecule has 3 rings (SSSR count). The topological polar surface area (TPSA) is 81.2 Å². The van der Waals surface area contributed by atoms with Crippen LogP contribution in [-0.2, 0) is 9.84 Å². The molecule has 1 aromatic rings. The Balaban J connectivity index is 1.92. The van der Waals surface area contributed by atoms with E-state index < -0.39 is 15.2 Å². The molecule has 2 atom stereocenters. The minimum Gasteiger partial charge on any atom is -0.330 e. The minimum atomic E-state index is -3.12. The number of hydrogen-bond acceptors (Lipinski definition) is 6. The lowest BCUT2D eigenvalue weighted by Gasteiger charge is -2.39. The Morgan fingerprint density at radius 3 is 2.90 bits per heavy atom. The summed E-state index contributed by atoms with van der Waals surface area (Å²) in [6.07, 6.45) is 7.36. The average molecular weight is 330 g/mol. The second-order valence-electron chi connectivity index (χ2n) is 5.81. The molecule has 8 heteroatoms. The molecule has 21 heavy (non-hydrogen) atoms. The molecule has 2 aliphatic rings. The predicted octanol–water partition coefficient (Wildman–Crippen LogP) is 0.637. The van der Waals surface area contributed by atoms with E-state index >= 15 is 0 Å². The zero-order valence-electron chi connectivity index (χ0n) is 12.2. The fourth-order valence-electron chi connectivity index (χ4n) is 2.98. The summed E-state index contributed by atoms with van der Waals surface area (Å²) in [4.78, 5) is 6.32. The minimum absolute atomic E-state index is 0.0753. The molecule has 2 N–H and O–H groups in total. The van der Waals surface area contributed by atoms with Crippen LogP contribution >= 0.6 is 11.8 Å². The molecule has 0 spiro atoms. The number of nitrogens with zero attached hydrogens (tertiary/aromatic N) is 3. The van der Waals surface area contributed by atoms with E-state index in [1.165, 1.54) is 19.1 Å². The second kappa shape index (κ2) is 5.91. The highest BCUT2D eigenvalue weighted by molar-refractivity contribution is 8.00. The Morgan fingerprint density at radius 1 is 1.52 bits per heavy atom. The van der Waals surface area contributed by atoms with Gasteiger partial charge in [0.25, 0.3) is 0 Å². The van der Waals surface area contributed by atoms with Crippen LogP contribution in [0.15, 0.2) is 12.5 Å². The maximum absolute atomic E-state index is 12.1. The van der Waals surface area contributed by atoms with Gasteiger partial charge in [-0.25, -0.2) is 13.4 Å². The maximum atomic E-state index is 12.1. The molecule has 0 bridgehead atoms. The van der Waals surface area contributed by atoms with E-state index in [2.05, 4.69) is 14.5 Å². The molecule has 118 valence electrons. The lowest BCUT2D eigenvalue weighted by atomic mass is 10.1. The molecule has 0 aromatic carbocycles. The number of nitrogens with two attached hydrogens (primary N) is 1. The van der Waals surface area contributed by atoms with Gasteiger partial charge in [-0.3, -0.25) is 4.90 Å². The van der Waals surface area contributed by atoms with Crippen LogP contribution in [-0.4, -0.2) is 59.1 Å². The highest BCUT2D eigenvalue weighted by atomic mass is 32.2. The molecule has 1 aliphatic carbocycles. The Labute approximate surface area is 130 Å². The Morgan fingerprint density at radius 2 is 2.29 bits per heavy atom. The normalized spacial score (nSPS) is 25.9. The first kappa shape index (κ1) is 15.3. The third-order valence-corrected chi connectivity index (χ3v) is 6.88. The van der Waals surface area contributed by atoms with Crippen molar-refractivity contribution in [3.05, 3.63) is 18.2 Å². The molecule has 2 unspecified atom stereocenters. The molecule has 1 saturated carbocycles. The Kier molecular flexibility index (Phi) is 4.31. The van der Waals surface area contributed by atoms with Gasteiger partial charge in [-0.1, -0.05) is 0 Å². The van der Waals surface area contributed by atoms with E-state index in [1.54, 1.807) is 11.8 Å². The summed E-state index contributed by atoms with van der Waals surface area (Å²) in [5.41, 5.74) is 7.06. The quantitative estimate of drug-likeness (QED) is 0.853. The molecule has 2 fully saturated rings. The Bertz CT molecular complexity index is 597. The molecule has 6 nitrogen and oxygen atoms in total. The highest BCUT2D eigenvalue weighted by Gasteiger charge is 2.38. The number of hydrogen-bond donors (Lipinski definition) is 1. The van der Waals surface area contributed by atoms with Crippen molar-refractivity contribution in [3.8, 4) is 0 Å². The van der Waals surface area contributed by atoms with Crippen molar-refractivity contribution in [2.75, 3.05) is 30.9 Å². The van der Waals surface area contributed by atoms with Gasteiger partial charge in [-0.2, -0.15) is 11.8 Å². The number of rotatable bonds is 5. The third kappa shape index (κ3) is 3.13. The van der Waals surface area contributed by atoms with Gasteiger partial charge in [-0.05, 0) is 12.8 Å². The smallest absolute Gasteiger partial charge is 0.164 e. The van der Waals surface area contributed by atoms with E-state index in [0.717, 1.165) is 18.0 Å². The fraction of sp³-hybridized carbons (Fsp3) is 0.769. The van der Waals surface area contributed by atoms with E-state index in [9.17, 15) is 8.42 Å². The number of aromatic nitrogens is 2. The highest BCUT2D eigenvalue weighted by Crippen LogP contribution is 2.38. The molecular formula is C13H22N4O2S2. The lowest BCUT2D eigenvalue weighted by molar-refractivity contribution is 0.190. The van der Waals surface area contributed by atoms with Crippen LogP contribution in [0, 0.1) is 0 Å². The van der Waals surface area contributed by atoms with Gasteiger partial charge in [0.1, 0.15) is 5.37 Å². The first-order valence-electron chi connectivity index (χ1n) is 7.26.